The van der Waals surface area contributed by atoms with Crippen molar-refractivity contribution in [3.05, 3.63) is 0 Å². The number of nitrogens with zero attached hydrogens (tertiary/aromatic N) is 1. The first-order valence-corrected chi connectivity index (χ1v) is 3.94. The van der Waals surface area contributed by atoms with Gasteiger partial charge in [-0.05, 0) is 6.42 Å². The molecule has 1 saturated heterocycles. The van der Waals surface area contributed by atoms with Crippen LogP contribution in [0.15, 0.2) is 0 Å². The van der Waals surface area contributed by atoms with Gasteiger partial charge < -0.3 is 10.2 Å². The summed E-state index contributed by atoms with van der Waals surface area (Å²) in [5, 5.41) is 17.0. The predicted molar refractivity (Wildman–Crippen MR) is 43.5 cm³/mol. The second-order valence-electron chi connectivity index (χ2n) is 2.68. The zero-order chi connectivity index (χ0) is 9.30. The fourth-order valence-electron chi connectivity index (χ4n) is 1.26. The van der Waals surface area contributed by atoms with Crippen LogP contribution in [0.1, 0.15) is 6.42 Å². The number of aliphatic carboxylic acids is 1. The Balaban J connectivity index is 2.72. The molecule has 1 amide bonds. The molecule has 12 heavy (non-hydrogen) atoms. The van der Waals surface area contributed by atoms with E-state index in [0.717, 1.165) is 4.90 Å². The van der Waals surface area contributed by atoms with E-state index in [9.17, 15) is 9.59 Å². The fourth-order valence-corrected chi connectivity index (χ4v) is 1.63. The van der Waals surface area contributed by atoms with Crippen molar-refractivity contribution in [2.75, 3.05) is 6.54 Å². The van der Waals surface area contributed by atoms with Crippen LogP contribution in [-0.4, -0.2) is 45.0 Å². The first kappa shape index (κ1) is 9.18. The lowest BCUT2D eigenvalue weighted by molar-refractivity contribution is -0.141. The number of thiol groups is 1. The molecular formula is C6H9NO4S. The summed E-state index contributed by atoms with van der Waals surface area (Å²) >= 11 is 4.03. The van der Waals surface area contributed by atoms with Gasteiger partial charge in [-0.15, -0.1) is 0 Å². The summed E-state index contributed by atoms with van der Waals surface area (Å²) in [6, 6.07) is -0.926. The number of hydrogen-bond donors (Lipinski definition) is 3. The Kier molecular flexibility index (Phi) is 2.46. The minimum absolute atomic E-state index is 0.165. The lowest BCUT2D eigenvalue weighted by Gasteiger charge is -2.16. The van der Waals surface area contributed by atoms with E-state index in [0.29, 0.717) is 0 Å². The van der Waals surface area contributed by atoms with Crippen LogP contribution in [0.2, 0.25) is 0 Å². The summed E-state index contributed by atoms with van der Waals surface area (Å²) in [6.45, 7) is 0.190. The lowest BCUT2D eigenvalue weighted by atomic mass is 10.2. The predicted octanol–water partition coefficient (Wildman–Crippen LogP) is 0.122. The number of amides is 1. The minimum Gasteiger partial charge on any atom is -0.480 e. The van der Waals surface area contributed by atoms with Crippen LogP contribution in [0.3, 0.4) is 0 Å². The Bertz CT molecular complexity index is 198. The number of rotatable bonds is 1. The highest BCUT2D eigenvalue weighted by molar-refractivity contribution is 7.81. The van der Waals surface area contributed by atoms with Gasteiger partial charge in [0, 0.05) is 11.8 Å². The molecule has 0 saturated carbocycles. The first-order valence-electron chi connectivity index (χ1n) is 3.43. The summed E-state index contributed by atoms with van der Waals surface area (Å²) < 4.78 is 0. The molecule has 1 rings (SSSR count). The summed E-state index contributed by atoms with van der Waals surface area (Å²) in [6.07, 6.45) is -0.913. The molecule has 1 fully saturated rings. The van der Waals surface area contributed by atoms with Crippen molar-refractivity contribution in [1.82, 2.24) is 4.90 Å². The average Bonchev–Trinajstić information content (AvgIpc) is 2.31. The van der Waals surface area contributed by atoms with E-state index in [4.69, 9.17) is 10.2 Å². The van der Waals surface area contributed by atoms with E-state index in [-0.39, 0.29) is 18.2 Å². The van der Waals surface area contributed by atoms with Gasteiger partial charge in [0.25, 0.3) is 0 Å². The third-order valence-corrected chi connectivity index (χ3v) is 2.18. The molecule has 0 unspecified atom stereocenters. The molecule has 5 nitrogen and oxygen atoms in total. The number of carboxylic acids is 1. The van der Waals surface area contributed by atoms with Crippen LogP contribution in [0.25, 0.3) is 0 Å². The van der Waals surface area contributed by atoms with E-state index in [1.54, 1.807) is 0 Å². The highest BCUT2D eigenvalue weighted by atomic mass is 32.1. The topological polar surface area (TPSA) is 77.8 Å². The lowest BCUT2D eigenvalue weighted by Crippen LogP contribution is -2.39. The molecule has 1 heterocycles. The van der Waals surface area contributed by atoms with Crippen molar-refractivity contribution in [3.8, 4) is 0 Å². The molecule has 1 aliphatic heterocycles. The summed E-state index contributed by atoms with van der Waals surface area (Å²) in [5.41, 5.74) is 0. The smallest absolute Gasteiger partial charge is 0.408 e. The van der Waals surface area contributed by atoms with Crippen LogP contribution in [0.5, 0.6) is 0 Å². The average molecular weight is 191 g/mol. The van der Waals surface area contributed by atoms with Crippen molar-refractivity contribution in [3.63, 3.8) is 0 Å². The van der Waals surface area contributed by atoms with Gasteiger partial charge in [-0.25, -0.2) is 9.59 Å². The molecule has 0 spiro atoms. The van der Waals surface area contributed by atoms with E-state index in [2.05, 4.69) is 12.6 Å². The van der Waals surface area contributed by atoms with Gasteiger partial charge in [-0.3, -0.25) is 4.90 Å². The van der Waals surface area contributed by atoms with Crippen LogP contribution < -0.4 is 0 Å². The second kappa shape index (κ2) is 3.22. The summed E-state index contributed by atoms with van der Waals surface area (Å²) in [5.74, 6) is -1.10. The highest BCUT2D eigenvalue weighted by Gasteiger charge is 2.38. The Morgan fingerprint density at radius 2 is 2.00 bits per heavy atom. The maximum Gasteiger partial charge on any atom is 0.408 e. The molecule has 2 N–H and O–H groups in total. The molecule has 68 valence electrons. The van der Waals surface area contributed by atoms with E-state index in [1.165, 1.54) is 0 Å². The zero-order valence-corrected chi connectivity index (χ0v) is 7.07. The van der Waals surface area contributed by atoms with Crippen LogP contribution in [0.4, 0.5) is 4.79 Å². The maximum absolute atomic E-state index is 10.5. The van der Waals surface area contributed by atoms with Gasteiger partial charge in [0.1, 0.15) is 6.04 Å². The van der Waals surface area contributed by atoms with Gasteiger partial charge in [-0.1, -0.05) is 0 Å². The van der Waals surface area contributed by atoms with Crippen molar-refractivity contribution in [2.24, 2.45) is 0 Å². The maximum atomic E-state index is 10.5. The normalized spacial score (nSPS) is 28.9. The van der Waals surface area contributed by atoms with Crippen molar-refractivity contribution < 1.29 is 19.8 Å². The molecule has 0 aliphatic carbocycles. The Labute approximate surface area is 74.4 Å². The number of carbonyl (C=O) groups is 2. The van der Waals surface area contributed by atoms with Gasteiger partial charge in [-0.2, -0.15) is 12.6 Å². The third kappa shape index (κ3) is 1.63. The number of likely N-dealkylation sites (tertiary alicyclic amines) is 1. The largest absolute Gasteiger partial charge is 0.480 e. The zero-order valence-electron chi connectivity index (χ0n) is 6.17. The fraction of sp³-hybridized carbons (Fsp3) is 0.667. The molecule has 0 aromatic rings. The minimum atomic E-state index is -1.20. The Morgan fingerprint density at radius 3 is 2.33 bits per heavy atom. The molecular weight excluding hydrogens is 182 g/mol. The summed E-state index contributed by atoms with van der Waals surface area (Å²) in [7, 11) is 0. The SMILES string of the molecule is O=C(O)[C@H]1C[C@@H](S)CN1C(=O)O. The quantitative estimate of drug-likeness (QED) is 0.514. The Hall–Kier alpha value is -0.910. The van der Waals surface area contributed by atoms with Crippen molar-refractivity contribution in [1.29, 1.82) is 0 Å². The van der Waals surface area contributed by atoms with Gasteiger partial charge in [0.15, 0.2) is 0 Å². The van der Waals surface area contributed by atoms with Gasteiger partial charge in [0.05, 0.1) is 0 Å². The van der Waals surface area contributed by atoms with Crippen LogP contribution >= 0.6 is 12.6 Å². The molecule has 6 heteroatoms. The van der Waals surface area contributed by atoms with Crippen LogP contribution in [0, 0.1) is 0 Å². The molecule has 1 aliphatic rings. The molecule has 0 radical (unpaired) electrons. The van der Waals surface area contributed by atoms with Crippen molar-refractivity contribution in [2.45, 2.75) is 17.7 Å². The Morgan fingerprint density at radius 1 is 1.42 bits per heavy atom. The van der Waals surface area contributed by atoms with Crippen LogP contribution in [-0.2, 0) is 4.79 Å². The summed E-state index contributed by atoms with van der Waals surface area (Å²) in [4.78, 5) is 21.9. The van der Waals surface area contributed by atoms with Gasteiger partial charge in [0.2, 0.25) is 0 Å². The molecule has 0 bridgehead atoms. The first-order chi connectivity index (χ1) is 5.52. The van der Waals surface area contributed by atoms with E-state index < -0.39 is 18.1 Å². The number of hydrogen-bond acceptors (Lipinski definition) is 3. The third-order valence-electron chi connectivity index (χ3n) is 1.81. The molecule has 0 aromatic heterocycles. The standard InChI is InChI=1S/C6H9NO4S/c8-5(9)4-1-3(12)2-7(4)6(10)11/h3-4,12H,1-2H2,(H,8,9)(H,10,11)/t3-,4-/m1/s1. The molecule has 0 aromatic carbocycles. The van der Waals surface area contributed by atoms with E-state index in [1.807, 2.05) is 0 Å². The highest BCUT2D eigenvalue weighted by Crippen LogP contribution is 2.21. The van der Waals surface area contributed by atoms with E-state index >= 15 is 0 Å². The monoisotopic (exact) mass is 191 g/mol. The van der Waals surface area contributed by atoms with Crippen molar-refractivity contribution >= 4 is 24.7 Å². The number of carboxylic acid groups (broad SMARTS) is 2. The van der Waals surface area contributed by atoms with Gasteiger partial charge >= 0.3 is 12.1 Å². The second-order valence-corrected chi connectivity index (χ2v) is 3.41. The molecule has 2 atom stereocenters.